The van der Waals surface area contributed by atoms with E-state index in [1.807, 2.05) is 6.92 Å². The Morgan fingerprint density at radius 2 is 2.00 bits per heavy atom. The minimum Gasteiger partial charge on any atom is -0.369 e. The first-order chi connectivity index (χ1) is 5.70. The van der Waals surface area contributed by atoms with E-state index in [0.29, 0.717) is 0 Å². The average Bonchev–Trinajstić information content (AvgIpc) is 2.06. The standard InChI is InChI=1S/C10H18NO/c1-8(10(11)12)7-9-5-3-2-4-6-9/h8H,2-7H2,1H3,(H2,11,12). The molecule has 1 unspecified atom stereocenters. The van der Waals surface area contributed by atoms with E-state index in [9.17, 15) is 4.79 Å². The molecule has 1 aliphatic rings. The molecule has 2 nitrogen and oxygen atoms in total. The van der Waals surface area contributed by atoms with Gasteiger partial charge in [-0.3, -0.25) is 4.79 Å². The highest BCUT2D eigenvalue weighted by Crippen LogP contribution is 2.30. The molecule has 2 N–H and O–H groups in total. The molecule has 0 spiro atoms. The summed E-state index contributed by atoms with van der Waals surface area (Å²) in [6, 6.07) is 0. The lowest BCUT2D eigenvalue weighted by Gasteiger charge is -2.22. The molecule has 1 aliphatic carbocycles. The van der Waals surface area contributed by atoms with Crippen molar-refractivity contribution in [1.82, 2.24) is 0 Å². The first kappa shape index (κ1) is 9.56. The van der Waals surface area contributed by atoms with Gasteiger partial charge in [-0.1, -0.05) is 26.2 Å². The van der Waals surface area contributed by atoms with Gasteiger partial charge in [0, 0.05) is 5.92 Å². The van der Waals surface area contributed by atoms with E-state index in [0.717, 1.165) is 6.42 Å². The Labute approximate surface area is 74.5 Å². The molecule has 0 aliphatic heterocycles. The van der Waals surface area contributed by atoms with Crippen LogP contribution in [0, 0.1) is 11.8 Å². The van der Waals surface area contributed by atoms with Crippen LogP contribution in [0.15, 0.2) is 0 Å². The van der Waals surface area contributed by atoms with Crippen molar-refractivity contribution in [2.75, 3.05) is 0 Å². The van der Waals surface area contributed by atoms with Gasteiger partial charge in [-0.25, -0.2) is 0 Å². The maximum absolute atomic E-state index is 10.8. The number of carbonyl (C=O) groups is 1. The summed E-state index contributed by atoms with van der Waals surface area (Å²) in [6.07, 6.45) is 7.33. The summed E-state index contributed by atoms with van der Waals surface area (Å²) in [5.74, 6) is 1.43. The molecule has 1 atom stereocenters. The van der Waals surface area contributed by atoms with Crippen LogP contribution in [0.25, 0.3) is 0 Å². The van der Waals surface area contributed by atoms with Crippen molar-refractivity contribution in [2.24, 2.45) is 11.7 Å². The molecule has 1 amide bonds. The lowest BCUT2D eigenvalue weighted by Crippen LogP contribution is -2.23. The molecule has 0 aromatic heterocycles. The lowest BCUT2D eigenvalue weighted by atomic mass is 9.83. The van der Waals surface area contributed by atoms with Crippen molar-refractivity contribution in [3.05, 3.63) is 5.92 Å². The van der Waals surface area contributed by atoms with Crippen LogP contribution in [0.3, 0.4) is 0 Å². The third-order valence-corrected chi connectivity index (χ3v) is 2.64. The van der Waals surface area contributed by atoms with Crippen LogP contribution in [0.4, 0.5) is 0 Å². The second-order valence-electron chi connectivity index (χ2n) is 3.82. The third-order valence-electron chi connectivity index (χ3n) is 2.64. The van der Waals surface area contributed by atoms with Gasteiger partial charge in [0.25, 0.3) is 0 Å². The fraction of sp³-hybridized carbons (Fsp3) is 0.800. The highest BCUT2D eigenvalue weighted by Gasteiger charge is 2.19. The van der Waals surface area contributed by atoms with Crippen molar-refractivity contribution in [1.29, 1.82) is 0 Å². The highest BCUT2D eigenvalue weighted by molar-refractivity contribution is 5.76. The monoisotopic (exact) mass is 168 g/mol. The van der Waals surface area contributed by atoms with Crippen LogP contribution in [0.5, 0.6) is 0 Å². The number of primary amides is 1. The zero-order chi connectivity index (χ0) is 8.97. The first-order valence-corrected chi connectivity index (χ1v) is 4.83. The highest BCUT2D eigenvalue weighted by atomic mass is 16.1. The molecule has 0 saturated heterocycles. The summed E-state index contributed by atoms with van der Waals surface area (Å²) in [7, 11) is 0. The molecule has 0 bridgehead atoms. The second kappa shape index (κ2) is 4.48. The van der Waals surface area contributed by atoms with E-state index in [1.54, 1.807) is 5.92 Å². The van der Waals surface area contributed by atoms with Gasteiger partial charge in [0.05, 0.1) is 0 Å². The van der Waals surface area contributed by atoms with Gasteiger partial charge >= 0.3 is 0 Å². The fourth-order valence-electron chi connectivity index (χ4n) is 1.79. The molecule has 12 heavy (non-hydrogen) atoms. The van der Waals surface area contributed by atoms with Crippen LogP contribution < -0.4 is 5.73 Å². The van der Waals surface area contributed by atoms with Crippen LogP contribution in [-0.2, 0) is 4.79 Å². The SMILES string of the molecule is CC(C[C]1CCCCC1)C(N)=O. The van der Waals surface area contributed by atoms with E-state index < -0.39 is 0 Å². The predicted molar refractivity (Wildman–Crippen MR) is 49.3 cm³/mol. The first-order valence-electron chi connectivity index (χ1n) is 4.83. The van der Waals surface area contributed by atoms with Crippen LogP contribution in [0.1, 0.15) is 45.4 Å². The Balaban J connectivity index is 2.24. The Hall–Kier alpha value is -0.530. The molecule has 1 radical (unpaired) electrons. The van der Waals surface area contributed by atoms with Crippen LogP contribution >= 0.6 is 0 Å². The topological polar surface area (TPSA) is 43.1 Å². The molecular formula is C10H18NO. The number of rotatable bonds is 3. The van der Waals surface area contributed by atoms with E-state index in [4.69, 9.17) is 5.73 Å². The number of hydrogen-bond acceptors (Lipinski definition) is 1. The maximum Gasteiger partial charge on any atom is 0.220 e. The number of amides is 1. The summed E-state index contributed by atoms with van der Waals surface area (Å²) in [5.41, 5.74) is 5.20. The Morgan fingerprint density at radius 3 is 2.50 bits per heavy atom. The van der Waals surface area contributed by atoms with Gasteiger partial charge in [-0.05, 0) is 25.2 Å². The Kier molecular flexibility index (Phi) is 3.57. The van der Waals surface area contributed by atoms with E-state index >= 15 is 0 Å². The molecule has 0 heterocycles. The zero-order valence-corrected chi connectivity index (χ0v) is 7.81. The second-order valence-corrected chi connectivity index (χ2v) is 3.82. The largest absolute Gasteiger partial charge is 0.369 e. The van der Waals surface area contributed by atoms with E-state index in [2.05, 4.69) is 0 Å². The van der Waals surface area contributed by atoms with Crippen molar-refractivity contribution in [3.63, 3.8) is 0 Å². The van der Waals surface area contributed by atoms with Gasteiger partial charge in [-0.2, -0.15) is 0 Å². The molecule has 1 saturated carbocycles. The summed E-state index contributed by atoms with van der Waals surface area (Å²) >= 11 is 0. The molecule has 0 aromatic carbocycles. The number of nitrogens with two attached hydrogens (primary N) is 1. The summed E-state index contributed by atoms with van der Waals surface area (Å²) in [6.45, 7) is 1.92. The minimum atomic E-state index is -0.159. The number of hydrogen-bond donors (Lipinski definition) is 1. The van der Waals surface area contributed by atoms with Gasteiger partial charge in [0.15, 0.2) is 0 Å². The third kappa shape index (κ3) is 2.84. The lowest BCUT2D eigenvalue weighted by molar-refractivity contribution is -0.121. The molecule has 1 fully saturated rings. The fourth-order valence-corrected chi connectivity index (χ4v) is 1.79. The Morgan fingerprint density at radius 1 is 1.42 bits per heavy atom. The van der Waals surface area contributed by atoms with Crippen molar-refractivity contribution in [3.8, 4) is 0 Å². The average molecular weight is 168 g/mol. The van der Waals surface area contributed by atoms with E-state index in [-0.39, 0.29) is 11.8 Å². The summed E-state index contributed by atoms with van der Waals surface area (Å²) < 4.78 is 0. The number of carbonyl (C=O) groups excluding carboxylic acids is 1. The van der Waals surface area contributed by atoms with Crippen LogP contribution in [-0.4, -0.2) is 5.91 Å². The van der Waals surface area contributed by atoms with Crippen LogP contribution in [0.2, 0.25) is 0 Å². The van der Waals surface area contributed by atoms with Gasteiger partial charge in [0.1, 0.15) is 0 Å². The molecule has 1 rings (SSSR count). The molecular weight excluding hydrogens is 150 g/mol. The van der Waals surface area contributed by atoms with E-state index in [1.165, 1.54) is 32.1 Å². The van der Waals surface area contributed by atoms with Crippen molar-refractivity contribution < 1.29 is 4.79 Å². The minimum absolute atomic E-state index is 0.0399. The molecule has 69 valence electrons. The predicted octanol–water partition coefficient (Wildman–Crippen LogP) is 2.04. The normalized spacial score (nSPS) is 22.1. The molecule has 0 aromatic rings. The summed E-state index contributed by atoms with van der Waals surface area (Å²) in [4.78, 5) is 10.8. The Bertz CT molecular complexity index is 150. The quantitative estimate of drug-likeness (QED) is 0.688. The smallest absolute Gasteiger partial charge is 0.220 e. The maximum atomic E-state index is 10.8. The van der Waals surface area contributed by atoms with Crippen molar-refractivity contribution in [2.45, 2.75) is 45.4 Å². The van der Waals surface area contributed by atoms with Gasteiger partial charge in [0.2, 0.25) is 5.91 Å². The van der Waals surface area contributed by atoms with Gasteiger partial charge < -0.3 is 5.73 Å². The summed E-state index contributed by atoms with van der Waals surface area (Å²) in [5, 5.41) is 0. The zero-order valence-electron chi connectivity index (χ0n) is 7.81. The molecule has 2 heteroatoms. The van der Waals surface area contributed by atoms with Gasteiger partial charge in [-0.15, -0.1) is 0 Å². The van der Waals surface area contributed by atoms with Crippen molar-refractivity contribution >= 4 is 5.91 Å².